The lowest BCUT2D eigenvalue weighted by molar-refractivity contribution is 0.411. The van der Waals surface area contributed by atoms with E-state index in [1.807, 2.05) is 11.6 Å². The smallest absolute Gasteiger partial charge is 0.148 e. The summed E-state index contributed by atoms with van der Waals surface area (Å²) in [5, 5.41) is 8.18. The molecule has 0 aromatic carbocycles. The Hall–Kier alpha value is -1.19. The number of aromatic nitrogens is 2. The second-order valence-electron chi connectivity index (χ2n) is 5.35. The lowest BCUT2D eigenvalue weighted by Crippen LogP contribution is -2.37. The molecule has 0 radical (unpaired) electrons. The van der Waals surface area contributed by atoms with Crippen molar-refractivity contribution in [1.82, 2.24) is 9.78 Å². The maximum Gasteiger partial charge on any atom is 0.148 e. The molecule has 1 aromatic rings. The van der Waals surface area contributed by atoms with Crippen molar-refractivity contribution in [3.8, 4) is 0 Å². The Morgan fingerprint density at radius 1 is 1.22 bits per heavy atom. The van der Waals surface area contributed by atoms with Gasteiger partial charge in [0.05, 0.1) is 11.4 Å². The fourth-order valence-electron chi connectivity index (χ4n) is 2.32. The molecule has 1 aromatic heterocycles. The van der Waals surface area contributed by atoms with Crippen LogP contribution in [0.25, 0.3) is 0 Å². The molecule has 0 unspecified atom stereocenters. The second kappa shape index (κ2) is 5.63. The van der Waals surface area contributed by atoms with Gasteiger partial charge in [0.25, 0.3) is 0 Å². The van der Waals surface area contributed by atoms with Gasteiger partial charge < -0.3 is 11.1 Å². The molecule has 0 atom stereocenters. The molecular formula is C14H28N4. The minimum absolute atomic E-state index is 0.118. The normalized spacial score (nSPS) is 12.2. The van der Waals surface area contributed by atoms with Crippen LogP contribution in [0.2, 0.25) is 0 Å². The molecule has 0 amide bonds. The topological polar surface area (TPSA) is 55.9 Å². The van der Waals surface area contributed by atoms with Crippen LogP contribution in [-0.4, -0.2) is 15.3 Å². The number of nitrogens with two attached hydrogens (primary N) is 1. The average Bonchev–Trinajstić information content (AvgIpc) is 2.64. The summed E-state index contributed by atoms with van der Waals surface area (Å²) in [4.78, 5) is 0. The van der Waals surface area contributed by atoms with Crippen LogP contribution in [-0.2, 0) is 0 Å². The van der Waals surface area contributed by atoms with Crippen LogP contribution >= 0.6 is 0 Å². The van der Waals surface area contributed by atoms with E-state index in [2.05, 4.69) is 45.0 Å². The minimum atomic E-state index is 0.118. The Morgan fingerprint density at radius 3 is 2.11 bits per heavy atom. The Labute approximate surface area is 111 Å². The molecule has 0 aliphatic heterocycles. The molecule has 0 bridgehead atoms. The number of hydrogen-bond acceptors (Lipinski definition) is 3. The molecule has 1 rings (SSSR count). The van der Waals surface area contributed by atoms with Gasteiger partial charge in [-0.3, -0.25) is 0 Å². The number of nitrogens with one attached hydrogen (secondary N) is 1. The van der Waals surface area contributed by atoms with Crippen LogP contribution in [0, 0.1) is 6.92 Å². The van der Waals surface area contributed by atoms with Crippen LogP contribution in [0.3, 0.4) is 0 Å². The molecule has 0 spiro atoms. The average molecular weight is 252 g/mol. The summed E-state index contributed by atoms with van der Waals surface area (Å²) in [6, 6.07) is 0.312. The van der Waals surface area contributed by atoms with Crippen molar-refractivity contribution in [2.75, 3.05) is 11.1 Å². The first-order valence-corrected chi connectivity index (χ1v) is 7.03. The first-order valence-electron chi connectivity index (χ1n) is 7.03. The van der Waals surface area contributed by atoms with E-state index < -0.39 is 0 Å². The van der Waals surface area contributed by atoms with Crippen LogP contribution in [0.4, 0.5) is 11.5 Å². The van der Waals surface area contributed by atoms with E-state index in [0.717, 1.165) is 36.5 Å². The van der Waals surface area contributed by atoms with Gasteiger partial charge in [0, 0.05) is 11.6 Å². The summed E-state index contributed by atoms with van der Waals surface area (Å²) in [5.74, 6) is 0.980. The third kappa shape index (κ3) is 2.62. The second-order valence-corrected chi connectivity index (χ2v) is 5.35. The Balaban J connectivity index is 3.16. The monoisotopic (exact) mass is 252 g/mol. The fourth-order valence-corrected chi connectivity index (χ4v) is 2.32. The van der Waals surface area contributed by atoms with Crippen molar-refractivity contribution >= 4 is 11.5 Å². The molecule has 4 heteroatoms. The Kier molecular flexibility index (Phi) is 4.65. The predicted molar refractivity (Wildman–Crippen MR) is 79.0 cm³/mol. The summed E-state index contributed by atoms with van der Waals surface area (Å²) in [6.45, 7) is 12.9. The number of aryl methyl sites for hydroxylation is 1. The number of hydrogen-bond donors (Lipinski definition) is 2. The third-order valence-corrected chi connectivity index (χ3v) is 4.03. The number of nitrogen functional groups attached to an aromatic ring is 1. The molecule has 104 valence electrons. The number of anilines is 2. The van der Waals surface area contributed by atoms with E-state index in [1.54, 1.807) is 0 Å². The minimum Gasteiger partial charge on any atom is -0.394 e. The highest BCUT2D eigenvalue weighted by Crippen LogP contribution is 2.32. The predicted octanol–water partition coefficient (Wildman–Crippen LogP) is 3.74. The van der Waals surface area contributed by atoms with Crippen molar-refractivity contribution in [3.05, 3.63) is 5.69 Å². The quantitative estimate of drug-likeness (QED) is 0.811. The van der Waals surface area contributed by atoms with Crippen LogP contribution < -0.4 is 11.1 Å². The van der Waals surface area contributed by atoms with E-state index in [-0.39, 0.29) is 5.54 Å². The maximum absolute atomic E-state index is 6.17. The summed E-state index contributed by atoms with van der Waals surface area (Å²) in [5.41, 5.74) is 7.97. The van der Waals surface area contributed by atoms with E-state index >= 15 is 0 Å². The van der Waals surface area contributed by atoms with Crippen LogP contribution in [0.5, 0.6) is 0 Å². The van der Waals surface area contributed by atoms with Gasteiger partial charge >= 0.3 is 0 Å². The van der Waals surface area contributed by atoms with Crippen molar-refractivity contribution in [2.45, 2.75) is 72.4 Å². The van der Waals surface area contributed by atoms with Gasteiger partial charge in [-0.15, -0.1) is 0 Å². The molecule has 18 heavy (non-hydrogen) atoms. The van der Waals surface area contributed by atoms with Crippen molar-refractivity contribution in [1.29, 1.82) is 0 Å². The summed E-state index contributed by atoms with van der Waals surface area (Å²) in [7, 11) is 0. The largest absolute Gasteiger partial charge is 0.394 e. The standard InChI is InChI=1S/C14H28N4/c1-7-14(8-2,9-3)16-13-12(15)11(6)17-18(13)10(4)5/h10,16H,7-9,15H2,1-6H3. The van der Waals surface area contributed by atoms with Crippen molar-refractivity contribution < 1.29 is 0 Å². The van der Waals surface area contributed by atoms with Gasteiger partial charge in [0.15, 0.2) is 0 Å². The highest BCUT2D eigenvalue weighted by atomic mass is 15.4. The zero-order valence-electron chi connectivity index (χ0n) is 12.7. The molecule has 0 saturated carbocycles. The van der Waals surface area contributed by atoms with E-state index in [9.17, 15) is 0 Å². The third-order valence-electron chi connectivity index (χ3n) is 4.03. The number of rotatable bonds is 6. The van der Waals surface area contributed by atoms with Crippen molar-refractivity contribution in [2.24, 2.45) is 0 Å². The van der Waals surface area contributed by atoms with Crippen LogP contribution in [0.15, 0.2) is 0 Å². The lowest BCUT2D eigenvalue weighted by Gasteiger charge is -2.33. The maximum atomic E-state index is 6.17. The summed E-state index contributed by atoms with van der Waals surface area (Å²) >= 11 is 0. The highest BCUT2D eigenvalue weighted by molar-refractivity contribution is 5.65. The molecular weight excluding hydrogens is 224 g/mol. The molecule has 0 fully saturated rings. The highest BCUT2D eigenvalue weighted by Gasteiger charge is 2.27. The van der Waals surface area contributed by atoms with E-state index in [4.69, 9.17) is 5.73 Å². The zero-order valence-corrected chi connectivity index (χ0v) is 12.7. The Bertz CT molecular complexity index is 380. The summed E-state index contributed by atoms with van der Waals surface area (Å²) < 4.78 is 2.00. The van der Waals surface area contributed by atoms with E-state index in [1.165, 1.54) is 0 Å². The fraction of sp³-hybridized carbons (Fsp3) is 0.786. The molecule has 1 heterocycles. The van der Waals surface area contributed by atoms with Gasteiger partial charge in [-0.1, -0.05) is 20.8 Å². The SMILES string of the molecule is CCC(CC)(CC)Nc1c(N)c(C)nn1C(C)C. The van der Waals surface area contributed by atoms with Gasteiger partial charge in [0.2, 0.25) is 0 Å². The Morgan fingerprint density at radius 2 is 1.72 bits per heavy atom. The number of nitrogens with zero attached hydrogens (tertiary/aromatic N) is 2. The lowest BCUT2D eigenvalue weighted by atomic mass is 9.90. The molecule has 0 saturated heterocycles. The first kappa shape index (κ1) is 14.9. The van der Waals surface area contributed by atoms with Crippen LogP contribution in [0.1, 0.15) is 65.6 Å². The van der Waals surface area contributed by atoms with Gasteiger partial charge in [0.1, 0.15) is 5.82 Å². The molecule has 0 aliphatic carbocycles. The molecule has 0 aliphatic rings. The summed E-state index contributed by atoms with van der Waals surface area (Å²) in [6.07, 6.45) is 3.26. The van der Waals surface area contributed by atoms with Gasteiger partial charge in [-0.25, -0.2) is 4.68 Å². The zero-order chi connectivity index (χ0) is 13.9. The van der Waals surface area contributed by atoms with E-state index in [0.29, 0.717) is 6.04 Å². The molecule has 4 nitrogen and oxygen atoms in total. The van der Waals surface area contributed by atoms with Gasteiger partial charge in [-0.05, 0) is 40.0 Å². The molecule has 3 N–H and O–H groups in total. The van der Waals surface area contributed by atoms with Crippen molar-refractivity contribution in [3.63, 3.8) is 0 Å². The van der Waals surface area contributed by atoms with Gasteiger partial charge in [-0.2, -0.15) is 5.10 Å². The first-order chi connectivity index (χ1) is 8.40.